The number of hydrogen-bond donors (Lipinski definition) is 0. The second-order valence-corrected chi connectivity index (χ2v) is 3.47. The van der Waals surface area contributed by atoms with Gasteiger partial charge in [-0.25, -0.2) is 4.98 Å². The Kier molecular flexibility index (Phi) is 2.81. The maximum atomic E-state index is 11.2. The minimum Gasteiger partial charge on any atom is -0.425 e. The fourth-order valence-electron chi connectivity index (χ4n) is 1.39. The molecular weight excluding hydrogens is 204 g/mol. The molecule has 2 heterocycles. The normalized spacial score (nSPS) is 10.4. The molecule has 2 aromatic heterocycles. The average Bonchev–Trinajstić information content (AvgIpc) is 2.30. The molecule has 2 aromatic rings. The van der Waals surface area contributed by atoms with Crippen LogP contribution >= 0.6 is 0 Å². The van der Waals surface area contributed by atoms with Gasteiger partial charge in [-0.1, -0.05) is 6.92 Å². The van der Waals surface area contributed by atoms with Crippen LogP contribution in [0.4, 0.5) is 0 Å². The third-order valence-electron chi connectivity index (χ3n) is 2.27. The second-order valence-electron chi connectivity index (χ2n) is 3.47. The van der Waals surface area contributed by atoms with Crippen molar-refractivity contribution in [1.29, 1.82) is 0 Å². The van der Waals surface area contributed by atoms with Crippen LogP contribution < -0.4 is 4.74 Å². The van der Waals surface area contributed by atoms with Crippen LogP contribution in [0.5, 0.6) is 5.75 Å². The number of ether oxygens (including phenoxy) is 1. The Balaban J connectivity index is 2.46. The first kappa shape index (κ1) is 10.5. The molecule has 0 N–H and O–H groups in total. The Morgan fingerprint density at radius 1 is 1.50 bits per heavy atom. The van der Waals surface area contributed by atoms with Gasteiger partial charge in [-0.15, -0.1) is 0 Å². The van der Waals surface area contributed by atoms with E-state index in [1.165, 1.54) is 0 Å². The molecule has 2 rings (SSSR count). The molecule has 0 spiro atoms. The van der Waals surface area contributed by atoms with Crippen molar-refractivity contribution in [1.82, 2.24) is 9.97 Å². The number of hydrogen-bond acceptors (Lipinski definition) is 4. The van der Waals surface area contributed by atoms with Crippen molar-refractivity contribution in [3.05, 3.63) is 30.2 Å². The molecule has 4 heteroatoms. The van der Waals surface area contributed by atoms with Crippen molar-refractivity contribution in [3.63, 3.8) is 0 Å². The summed E-state index contributed by atoms with van der Waals surface area (Å²) in [5.41, 5.74) is 1.56. The van der Waals surface area contributed by atoms with E-state index in [4.69, 9.17) is 4.74 Å². The average molecular weight is 216 g/mol. The van der Waals surface area contributed by atoms with Crippen molar-refractivity contribution in [2.75, 3.05) is 0 Å². The lowest BCUT2D eigenvalue weighted by atomic mass is 10.2. The van der Waals surface area contributed by atoms with Crippen LogP contribution in [0.3, 0.4) is 0 Å². The highest BCUT2D eigenvalue weighted by Crippen LogP contribution is 2.21. The highest BCUT2D eigenvalue weighted by atomic mass is 16.5. The molecule has 0 amide bonds. The van der Waals surface area contributed by atoms with Crippen LogP contribution in [0.25, 0.3) is 10.9 Å². The van der Waals surface area contributed by atoms with Crippen molar-refractivity contribution in [2.45, 2.75) is 20.3 Å². The van der Waals surface area contributed by atoms with Gasteiger partial charge in [0.05, 0.1) is 11.2 Å². The molecular formula is C12H12N2O2. The predicted octanol–water partition coefficient (Wildman–Crippen LogP) is 2.25. The Bertz CT molecular complexity index is 538. The quantitative estimate of drug-likeness (QED) is 0.722. The lowest BCUT2D eigenvalue weighted by Gasteiger charge is -2.06. The lowest BCUT2D eigenvalue weighted by molar-refractivity contribution is -0.134. The molecule has 0 aliphatic carbocycles. The van der Waals surface area contributed by atoms with E-state index in [2.05, 4.69) is 9.97 Å². The molecule has 0 radical (unpaired) electrons. The van der Waals surface area contributed by atoms with Crippen molar-refractivity contribution in [2.24, 2.45) is 0 Å². The lowest BCUT2D eigenvalue weighted by Crippen LogP contribution is -2.07. The van der Waals surface area contributed by atoms with Crippen molar-refractivity contribution >= 4 is 16.9 Å². The summed E-state index contributed by atoms with van der Waals surface area (Å²) >= 11 is 0. The van der Waals surface area contributed by atoms with E-state index >= 15 is 0 Å². The minimum atomic E-state index is -0.256. The van der Waals surface area contributed by atoms with Gasteiger partial charge in [0, 0.05) is 24.2 Å². The van der Waals surface area contributed by atoms with Crippen LogP contribution in [0, 0.1) is 6.92 Å². The summed E-state index contributed by atoms with van der Waals surface area (Å²) in [6.07, 6.45) is 3.74. The first-order valence-corrected chi connectivity index (χ1v) is 5.12. The van der Waals surface area contributed by atoms with Gasteiger partial charge in [0.25, 0.3) is 0 Å². The smallest absolute Gasteiger partial charge is 0.310 e. The number of aryl methyl sites for hydroxylation is 1. The third-order valence-corrected chi connectivity index (χ3v) is 2.27. The predicted molar refractivity (Wildman–Crippen MR) is 60.2 cm³/mol. The molecule has 0 atom stereocenters. The number of esters is 1. The van der Waals surface area contributed by atoms with E-state index < -0.39 is 0 Å². The first-order chi connectivity index (χ1) is 7.70. The number of aromatic nitrogens is 2. The summed E-state index contributed by atoms with van der Waals surface area (Å²) in [6, 6.07) is 3.62. The maximum absolute atomic E-state index is 11.2. The summed E-state index contributed by atoms with van der Waals surface area (Å²) < 4.78 is 5.17. The van der Waals surface area contributed by atoms with Gasteiger partial charge in [0.1, 0.15) is 0 Å². The highest BCUT2D eigenvalue weighted by Gasteiger charge is 2.07. The van der Waals surface area contributed by atoms with E-state index in [9.17, 15) is 4.79 Å². The maximum Gasteiger partial charge on any atom is 0.310 e. The van der Waals surface area contributed by atoms with Crippen LogP contribution in [-0.4, -0.2) is 15.9 Å². The molecule has 0 aliphatic rings. The number of carbonyl (C=O) groups excluding carboxylic acids is 1. The van der Waals surface area contributed by atoms with Crippen molar-refractivity contribution < 1.29 is 9.53 Å². The standard InChI is InChI=1S/C12H12N2O2/c1-3-12(15)16-11-6-9-7-13-5-4-10(9)14-8(11)2/h4-7H,3H2,1-2H3. The molecule has 16 heavy (non-hydrogen) atoms. The Hall–Kier alpha value is -1.97. The van der Waals surface area contributed by atoms with Gasteiger partial charge in [-0.3, -0.25) is 9.78 Å². The molecule has 0 saturated heterocycles. The highest BCUT2D eigenvalue weighted by molar-refractivity contribution is 5.80. The molecule has 82 valence electrons. The van der Waals surface area contributed by atoms with Crippen LogP contribution in [0.2, 0.25) is 0 Å². The second kappa shape index (κ2) is 4.26. The topological polar surface area (TPSA) is 52.1 Å². The molecule has 4 nitrogen and oxygen atoms in total. The molecule has 0 saturated carbocycles. The van der Waals surface area contributed by atoms with E-state index in [0.29, 0.717) is 17.9 Å². The zero-order valence-electron chi connectivity index (χ0n) is 9.23. The number of pyridine rings is 2. The third kappa shape index (κ3) is 2.00. The summed E-state index contributed by atoms with van der Waals surface area (Å²) in [7, 11) is 0. The number of carbonyl (C=O) groups is 1. The van der Waals surface area contributed by atoms with Crippen LogP contribution in [0.1, 0.15) is 19.0 Å². The van der Waals surface area contributed by atoms with E-state index in [-0.39, 0.29) is 5.97 Å². The molecule has 0 bridgehead atoms. The molecule has 0 aliphatic heterocycles. The van der Waals surface area contributed by atoms with Gasteiger partial charge in [0.2, 0.25) is 0 Å². The van der Waals surface area contributed by atoms with Gasteiger partial charge in [-0.2, -0.15) is 0 Å². The van der Waals surface area contributed by atoms with Gasteiger partial charge in [-0.05, 0) is 19.1 Å². The number of rotatable bonds is 2. The summed E-state index contributed by atoms with van der Waals surface area (Å²) in [5.74, 6) is 0.250. The van der Waals surface area contributed by atoms with Gasteiger partial charge >= 0.3 is 5.97 Å². The number of nitrogens with zero attached hydrogens (tertiary/aromatic N) is 2. The zero-order valence-corrected chi connectivity index (χ0v) is 9.23. The summed E-state index contributed by atoms with van der Waals surface area (Å²) in [5, 5.41) is 0.868. The fourth-order valence-corrected chi connectivity index (χ4v) is 1.39. The van der Waals surface area contributed by atoms with Gasteiger partial charge < -0.3 is 4.74 Å². The fraction of sp³-hybridized carbons (Fsp3) is 0.250. The molecule has 0 aromatic carbocycles. The zero-order chi connectivity index (χ0) is 11.5. The summed E-state index contributed by atoms with van der Waals surface area (Å²) in [6.45, 7) is 3.58. The first-order valence-electron chi connectivity index (χ1n) is 5.12. The summed E-state index contributed by atoms with van der Waals surface area (Å²) in [4.78, 5) is 19.6. The Morgan fingerprint density at radius 3 is 3.06 bits per heavy atom. The van der Waals surface area contributed by atoms with Crippen molar-refractivity contribution in [3.8, 4) is 5.75 Å². The van der Waals surface area contributed by atoms with E-state index in [0.717, 1.165) is 10.9 Å². The largest absolute Gasteiger partial charge is 0.425 e. The Morgan fingerprint density at radius 2 is 2.31 bits per heavy atom. The Labute approximate surface area is 93.3 Å². The van der Waals surface area contributed by atoms with E-state index in [1.807, 2.05) is 13.0 Å². The molecule has 0 unspecified atom stereocenters. The monoisotopic (exact) mass is 216 g/mol. The van der Waals surface area contributed by atoms with E-state index in [1.54, 1.807) is 25.4 Å². The number of fused-ring (bicyclic) bond motifs is 1. The SMILES string of the molecule is CCC(=O)Oc1cc2cnccc2nc1C. The minimum absolute atomic E-state index is 0.256. The van der Waals surface area contributed by atoms with Crippen LogP contribution in [-0.2, 0) is 4.79 Å². The molecule has 0 fully saturated rings. The van der Waals surface area contributed by atoms with Gasteiger partial charge in [0.15, 0.2) is 5.75 Å². The van der Waals surface area contributed by atoms with Crippen LogP contribution in [0.15, 0.2) is 24.5 Å².